The van der Waals surface area contributed by atoms with Crippen molar-refractivity contribution >= 4 is 23.1 Å². The molecule has 0 aliphatic carbocycles. The van der Waals surface area contributed by atoms with E-state index in [1.54, 1.807) is 0 Å². The molecule has 5 rings (SSSR count). The summed E-state index contributed by atoms with van der Waals surface area (Å²) in [5.41, 5.74) is 18.1. The average Bonchev–Trinajstić information content (AvgIpc) is 2.91. The SMILES string of the molecule is Cc1cc(C)c(B(c2ccc(-c3ccc(-c4ccc(C(C)(C)C)cc4)cc3)nc2)c2c(C)cc(C)cc2C)c(C)c1. The number of aromatic nitrogens is 1. The number of nitrogens with zero attached hydrogens (tertiary/aromatic N) is 1. The maximum absolute atomic E-state index is 5.02. The Balaban J connectivity index is 1.51. The standard InChI is InChI=1S/C39H42BN/c1-25-20-27(3)37(28(4)21-25)40(38-29(5)22-26(2)23-30(38)6)35-18-19-36(41-24-35)33-12-10-31(11-13-33)32-14-16-34(17-15-32)39(7,8)9/h10-24H,1-9H3. The zero-order valence-electron chi connectivity index (χ0n) is 26.2. The molecule has 0 unspecified atom stereocenters. The third-order valence-corrected chi connectivity index (χ3v) is 8.44. The molecule has 5 aromatic rings. The van der Waals surface area contributed by atoms with Crippen LogP contribution in [0.2, 0.25) is 0 Å². The van der Waals surface area contributed by atoms with E-state index in [-0.39, 0.29) is 12.1 Å². The second kappa shape index (κ2) is 11.2. The maximum atomic E-state index is 5.02. The minimum Gasteiger partial charge on any atom is -0.257 e. The fourth-order valence-corrected chi connectivity index (χ4v) is 6.51. The lowest BCUT2D eigenvalue weighted by Crippen LogP contribution is -2.56. The van der Waals surface area contributed by atoms with E-state index in [1.807, 2.05) is 0 Å². The lowest BCUT2D eigenvalue weighted by molar-refractivity contribution is 0.590. The van der Waals surface area contributed by atoms with Crippen LogP contribution in [0.5, 0.6) is 0 Å². The van der Waals surface area contributed by atoms with Crippen LogP contribution in [0.1, 0.15) is 59.7 Å². The summed E-state index contributed by atoms with van der Waals surface area (Å²) in [5.74, 6) is 0. The highest BCUT2D eigenvalue weighted by molar-refractivity contribution is 6.96. The number of aryl methyl sites for hydroxylation is 6. The highest BCUT2D eigenvalue weighted by Crippen LogP contribution is 2.27. The smallest absolute Gasteiger partial charge is 0.244 e. The number of benzene rings is 4. The molecule has 0 fully saturated rings. The molecule has 1 nitrogen and oxygen atoms in total. The van der Waals surface area contributed by atoms with Gasteiger partial charge in [0.25, 0.3) is 0 Å². The Labute approximate surface area is 247 Å². The van der Waals surface area contributed by atoms with E-state index < -0.39 is 0 Å². The minimum atomic E-state index is 0.135. The third kappa shape index (κ3) is 5.93. The normalized spacial score (nSPS) is 11.5. The largest absolute Gasteiger partial charge is 0.257 e. The van der Waals surface area contributed by atoms with Crippen molar-refractivity contribution in [2.75, 3.05) is 0 Å². The molecule has 0 saturated heterocycles. The number of rotatable bonds is 5. The van der Waals surface area contributed by atoms with Crippen LogP contribution in [-0.4, -0.2) is 11.7 Å². The quantitative estimate of drug-likeness (QED) is 0.207. The summed E-state index contributed by atoms with van der Waals surface area (Å²) in [6.45, 7) is 20.3. The van der Waals surface area contributed by atoms with Gasteiger partial charge >= 0.3 is 0 Å². The van der Waals surface area contributed by atoms with Crippen molar-refractivity contribution in [3.8, 4) is 22.4 Å². The van der Waals surface area contributed by atoms with Crippen molar-refractivity contribution in [3.63, 3.8) is 0 Å². The van der Waals surface area contributed by atoms with Gasteiger partial charge in [0.1, 0.15) is 0 Å². The molecular weight excluding hydrogens is 493 g/mol. The predicted octanol–water partition coefficient (Wildman–Crippen LogP) is 8.08. The molecule has 4 aromatic carbocycles. The molecule has 0 bridgehead atoms. The first-order valence-electron chi connectivity index (χ1n) is 14.7. The summed E-state index contributed by atoms with van der Waals surface area (Å²) < 4.78 is 0. The Morgan fingerprint density at radius 3 is 1.32 bits per heavy atom. The molecule has 0 aliphatic heterocycles. The Bertz CT molecular complexity index is 1580. The van der Waals surface area contributed by atoms with Crippen LogP contribution in [0.4, 0.5) is 0 Å². The molecule has 206 valence electrons. The monoisotopic (exact) mass is 535 g/mol. The van der Waals surface area contributed by atoms with Gasteiger partial charge in [-0.2, -0.15) is 0 Å². The summed E-state index contributed by atoms with van der Waals surface area (Å²) in [6.07, 6.45) is 2.09. The molecule has 0 spiro atoms. The van der Waals surface area contributed by atoms with Crippen molar-refractivity contribution in [2.45, 2.75) is 67.7 Å². The van der Waals surface area contributed by atoms with E-state index in [0.29, 0.717) is 0 Å². The van der Waals surface area contributed by atoms with Gasteiger partial charge in [-0.25, -0.2) is 0 Å². The summed E-state index contributed by atoms with van der Waals surface area (Å²) in [4.78, 5) is 5.02. The van der Waals surface area contributed by atoms with Crippen molar-refractivity contribution in [1.82, 2.24) is 4.98 Å². The van der Waals surface area contributed by atoms with Crippen LogP contribution in [0, 0.1) is 41.5 Å². The fourth-order valence-electron chi connectivity index (χ4n) is 6.51. The third-order valence-electron chi connectivity index (χ3n) is 8.44. The second-order valence-corrected chi connectivity index (χ2v) is 12.9. The molecule has 2 heteroatoms. The summed E-state index contributed by atoms with van der Waals surface area (Å²) >= 11 is 0. The molecule has 1 heterocycles. The molecule has 0 atom stereocenters. The Kier molecular flexibility index (Phi) is 7.79. The zero-order chi connectivity index (χ0) is 29.5. The molecule has 41 heavy (non-hydrogen) atoms. The molecule has 0 aliphatic rings. The van der Waals surface area contributed by atoms with Gasteiger partial charge in [-0.15, -0.1) is 0 Å². The second-order valence-electron chi connectivity index (χ2n) is 12.9. The van der Waals surface area contributed by atoms with E-state index in [2.05, 4.69) is 153 Å². The number of hydrogen-bond donors (Lipinski definition) is 0. The van der Waals surface area contributed by atoms with E-state index in [4.69, 9.17) is 4.98 Å². The number of pyridine rings is 1. The van der Waals surface area contributed by atoms with E-state index in [0.717, 1.165) is 11.3 Å². The van der Waals surface area contributed by atoms with Gasteiger partial charge in [-0.05, 0) is 69.7 Å². The topological polar surface area (TPSA) is 12.9 Å². The van der Waals surface area contributed by atoms with Gasteiger partial charge in [0.2, 0.25) is 6.71 Å². The van der Waals surface area contributed by atoms with Gasteiger partial charge in [0.15, 0.2) is 0 Å². The summed E-state index contributed by atoms with van der Waals surface area (Å²) in [6, 6.07) is 31.5. The number of hydrogen-bond acceptors (Lipinski definition) is 1. The van der Waals surface area contributed by atoms with Crippen LogP contribution in [0.15, 0.2) is 91.1 Å². The fraction of sp³-hybridized carbons (Fsp3) is 0.256. The van der Waals surface area contributed by atoms with E-state index in [1.165, 1.54) is 66.5 Å². The summed E-state index contributed by atoms with van der Waals surface area (Å²) in [5, 5.41) is 0. The van der Waals surface area contributed by atoms with Gasteiger partial charge in [0, 0.05) is 11.8 Å². The first kappa shape index (κ1) is 28.6. The highest BCUT2D eigenvalue weighted by Gasteiger charge is 2.28. The summed E-state index contributed by atoms with van der Waals surface area (Å²) in [7, 11) is 0. The average molecular weight is 536 g/mol. The molecule has 0 radical (unpaired) electrons. The lowest BCUT2D eigenvalue weighted by Gasteiger charge is -2.24. The molecule has 1 aromatic heterocycles. The maximum Gasteiger partial charge on any atom is 0.244 e. The van der Waals surface area contributed by atoms with Gasteiger partial charge in [-0.1, -0.05) is 149 Å². The minimum absolute atomic E-state index is 0.135. The van der Waals surface area contributed by atoms with Crippen molar-refractivity contribution in [3.05, 3.63) is 130 Å². The lowest BCUT2D eigenvalue weighted by atomic mass is 9.34. The first-order chi connectivity index (χ1) is 19.4. The van der Waals surface area contributed by atoms with Crippen LogP contribution < -0.4 is 16.4 Å². The van der Waals surface area contributed by atoms with Gasteiger partial charge < -0.3 is 0 Å². The van der Waals surface area contributed by atoms with Gasteiger partial charge in [-0.3, -0.25) is 4.98 Å². The van der Waals surface area contributed by atoms with Crippen LogP contribution in [-0.2, 0) is 5.41 Å². The molecule has 0 N–H and O–H groups in total. The van der Waals surface area contributed by atoms with Crippen LogP contribution >= 0.6 is 0 Å². The molecule has 0 amide bonds. The Morgan fingerprint density at radius 1 is 0.512 bits per heavy atom. The van der Waals surface area contributed by atoms with Crippen LogP contribution in [0.25, 0.3) is 22.4 Å². The van der Waals surface area contributed by atoms with E-state index in [9.17, 15) is 0 Å². The van der Waals surface area contributed by atoms with E-state index >= 15 is 0 Å². The highest BCUT2D eigenvalue weighted by atomic mass is 14.7. The molecule has 0 saturated carbocycles. The van der Waals surface area contributed by atoms with Crippen molar-refractivity contribution in [1.29, 1.82) is 0 Å². The van der Waals surface area contributed by atoms with Gasteiger partial charge in [0.05, 0.1) is 5.69 Å². The Morgan fingerprint density at radius 2 is 0.927 bits per heavy atom. The van der Waals surface area contributed by atoms with Crippen molar-refractivity contribution in [2.24, 2.45) is 0 Å². The Hall–Kier alpha value is -3.91. The first-order valence-corrected chi connectivity index (χ1v) is 14.7. The van der Waals surface area contributed by atoms with Crippen LogP contribution in [0.3, 0.4) is 0 Å². The zero-order valence-corrected chi connectivity index (χ0v) is 26.2. The molecular formula is C39H42BN. The predicted molar refractivity (Wildman–Crippen MR) is 180 cm³/mol. The van der Waals surface area contributed by atoms with Crippen molar-refractivity contribution < 1.29 is 0 Å².